The summed E-state index contributed by atoms with van der Waals surface area (Å²) < 4.78 is 6.06. The van der Waals surface area contributed by atoms with Crippen molar-refractivity contribution in [2.24, 2.45) is 0 Å². The number of hydrogen-bond acceptors (Lipinski definition) is 0. The van der Waals surface area contributed by atoms with Crippen LogP contribution >= 0.6 is 0 Å². The van der Waals surface area contributed by atoms with Gasteiger partial charge in [-0.05, 0) is 0 Å². The zero-order chi connectivity index (χ0) is 25.0. The summed E-state index contributed by atoms with van der Waals surface area (Å²) in [6.45, 7) is 16.3. The molecule has 0 amide bonds. The van der Waals surface area contributed by atoms with Crippen molar-refractivity contribution in [1.29, 1.82) is 0 Å². The van der Waals surface area contributed by atoms with Gasteiger partial charge in [0.15, 0.2) is 0 Å². The molecule has 0 spiro atoms. The molecule has 0 fully saturated rings. The molecule has 0 heterocycles. The summed E-state index contributed by atoms with van der Waals surface area (Å²) in [5, 5.41) is 0. The van der Waals surface area contributed by atoms with Crippen molar-refractivity contribution >= 4 is 6.98 Å². The van der Waals surface area contributed by atoms with E-state index in [1.165, 1.54) is 38.9 Å². The first-order valence-electron chi connectivity index (χ1n) is 13.0. The molecule has 0 unspecified atom stereocenters. The van der Waals surface area contributed by atoms with E-state index in [-0.39, 0.29) is 35.6 Å². The van der Waals surface area contributed by atoms with Gasteiger partial charge in [0.2, 0.25) is 0 Å². The van der Waals surface area contributed by atoms with E-state index in [0.717, 1.165) is 12.8 Å². The van der Waals surface area contributed by atoms with Gasteiger partial charge in [-0.3, -0.25) is 0 Å². The molecule has 0 radical (unpaired) electrons. The fourth-order valence-electron chi connectivity index (χ4n) is 5.33. The van der Waals surface area contributed by atoms with Gasteiger partial charge in [0.1, 0.15) is 0 Å². The summed E-state index contributed by atoms with van der Waals surface area (Å²) in [5.74, 6) is 0. The van der Waals surface area contributed by atoms with E-state index >= 15 is 0 Å². The molecule has 0 N–H and O–H groups in total. The Bertz CT molecular complexity index is 1410. The molecule has 37 heavy (non-hydrogen) atoms. The van der Waals surface area contributed by atoms with Crippen LogP contribution in [0.25, 0.3) is 11.1 Å². The Balaban J connectivity index is 0.00000190. The third kappa shape index (κ3) is 6.22. The predicted molar refractivity (Wildman–Crippen MR) is 150 cm³/mol. The number of halogens is 2. The standard InChI is InChI=1S/C21H25.C8H8.C5H5.2ClH.Zr/c1-20(2,3)16-9-7-14-11-15-8-10-17(21(4,5)6)13-19(15)18(14)12-16;1-7-4-3-5-8(2)6-7;1-2-4-5-3-1;;;/h7,9-10,12-13H,11H2,1-6H3;1,3-6H,2H3;1-3H,4H2;2*1H;/q;;;;;+2/p-2. The summed E-state index contributed by atoms with van der Waals surface area (Å²) in [6.07, 6.45) is 9.24. The maximum absolute atomic E-state index is 2.69. The van der Waals surface area contributed by atoms with E-state index in [9.17, 15) is 0 Å². The number of hydrogen-bond donors (Lipinski definition) is 0. The number of aryl methyl sites for hydroxylation is 1. The molecule has 0 atom stereocenters. The molecule has 0 saturated carbocycles. The molecule has 0 bridgehead atoms. The molecule has 0 aromatic heterocycles. The second-order valence-corrected chi connectivity index (χ2v) is 18.0. The van der Waals surface area contributed by atoms with Crippen molar-refractivity contribution < 1.29 is 46.1 Å². The van der Waals surface area contributed by atoms with E-state index in [1.54, 1.807) is 12.1 Å². The maximum atomic E-state index is 2.69. The first-order valence-corrected chi connectivity index (χ1v) is 16.8. The second kappa shape index (κ2) is 11.3. The Kier molecular flexibility index (Phi) is 9.17. The van der Waals surface area contributed by atoms with Crippen molar-refractivity contribution in [3.63, 3.8) is 0 Å². The fraction of sp³-hybridized carbons (Fsp3) is 0.324. The quantitative estimate of drug-likeness (QED) is 0.335. The first kappa shape index (κ1) is 30.0. The molecule has 2 aliphatic rings. The van der Waals surface area contributed by atoms with Gasteiger partial charge in [-0.2, -0.15) is 0 Å². The van der Waals surface area contributed by atoms with Gasteiger partial charge in [0.25, 0.3) is 0 Å². The van der Waals surface area contributed by atoms with Gasteiger partial charge in [0.05, 0.1) is 0 Å². The minimum absolute atomic E-state index is 0. The van der Waals surface area contributed by atoms with Crippen molar-refractivity contribution in [2.75, 3.05) is 0 Å². The SMILES string of the molecule is Cc1cccc(/[CH]=[Zr+2](/[C]2=CC=CC2)[c]2cc(C(C)(C)C)cc3c2Cc2ccc(C(C)(C)C)cc2-3)c1.[Cl-].[Cl-]. The Hall–Kier alpha value is -1.53. The van der Waals surface area contributed by atoms with Gasteiger partial charge in [-0.15, -0.1) is 0 Å². The molecule has 3 aromatic rings. The van der Waals surface area contributed by atoms with Gasteiger partial charge < -0.3 is 24.8 Å². The zero-order valence-electron chi connectivity index (χ0n) is 23.2. The molecule has 0 saturated heterocycles. The molecule has 5 rings (SSSR count). The normalized spacial score (nSPS) is 14.0. The molecular formula is C34H38Cl2Zr. The Morgan fingerprint density at radius 2 is 1.49 bits per heavy atom. The summed E-state index contributed by atoms with van der Waals surface area (Å²) in [6, 6.07) is 21.5. The molecule has 3 aromatic carbocycles. The van der Waals surface area contributed by atoms with Crippen LogP contribution in [0.5, 0.6) is 0 Å². The number of benzene rings is 3. The van der Waals surface area contributed by atoms with E-state index < -0.39 is 21.3 Å². The van der Waals surface area contributed by atoms with Crippen molar-refractivity contribution in [3.8, 4) is 11.1 Å². The van der Waals surface area contributed by atoms with Crippen molar-refractivity contribution in [1.82, 2.24) is 0 Å². The Labute approximate surface area is 244 Å². The first-order chi connectivity index (χ1) is 16.5. The maximum Gasteiger partial charge on any atom is -1.00 e. The third-order valence-corrected chi connectivity index (χ3v) is 14.2. The number of rotatable bonds is 3. The average molecular weight is 609 g/mol. The smallest absolute Gasteiger partial charge is 1.00 e. The van der Waals surface area contributed by atoms with Crippen LogP contribution in [0.1, 0.15) is 81.3 Å². The van der Waals surface area contributed by atoms with E-state index in [2.05, 4.69) is 125 Å². The van der Waals surface area contributed by atoms with Crippen LogP contribution in [-0.2, 0) is 38.5 Å². The van der Waals surface area contributed by atoms with Crippen LogP contribution in [0.3, 0.4) is 0 Å². The molecule has 3 heteroatoms. The van der Waals surface area contributed by atoms with Crippen LogP contribution in [-0.4, -0.2) is 3.71 Å². The predicted octanol–water partition coefficient (Wildman–Crippen LogP) is 2.11. The minimum Gasteiger partial charge on any atom is -1.00 e. The van der Waals surface area contributed by atoms with Crippen LogP contribution in [0.4, 0.5) is 0 Å². The molecule has 2 aliphatic carbocycles. The van der Waals surface area contributed by atoms with Gasteiger partial charge in [-0.25, -0.2) is 0 Å². The Morgan fingerprint density at radius 3 is 2.11 bits per heavy atom. The summed E-state index contributed by atoms with van der Waals surface area (Å²) in [4.78, 5) is 0. The molecular weight excluding hydrogens is 571 g/mol. The zero-order valence-corrected chi connectivity index (χ0v) is 27.1. The van der Waals surface area contributed by atoms with Crippen molar-refractivity contribution in [2.45, 2.75) is 72.1 Å². The van der Waals surface area contributed by atoms with Gasteiger partial charge >= 0.3 is 221 Å². The van der Waals surface area contributed by atoms with Crippen LogP contribution < -0.4 is 28.1 Å². The molecule has 0 aliphatic heterocycles. The summed E-state index contributed by atoms with van der Waals surface area (Å²) in [5.41, 5.74) is 12.0. The molecule has 0 nitrogen and oxygen atoms in total. The average Bonchev–Trinajstić information content (AvgIpc) is 3.43. The summed E-state index contributed by atoms with van der Waals surface area (Å²) in [7, 11) is 0. The van der Waals surface area contributed by atoms with E-state index in [1.807, 2.05) is 0 Å². The van der Waals surface area contributed by atoms with Crippen molar-refractivity contribution in [3.05, 3.63) is 109 Å². The number of fused-ring (bicyclic) bond motifs is 3. The largest absolute Gasteiger partial charge is 1.00 e. The van der Waals surface area contributed by atoms with Gasteiger partial charge in [0, 0.05) is 0 Å². The van der Waals surface area contributed by atoms with Gasteiger partial charge in [-0.1, -0.05) is 0 Å². The van der Waals surface area contributed by atoms with Crippen LogP contribution in [0, 0.1) is 6.92 Å². The second-order valence-electron chi connectivity index (χ2n) is 12.4. The molecule has 192 valence electrons. The monoisotopic (exact) mass is 606 g/mol. The Morgan fingerprint density at radius 1 is 0.784 bits per heavy atom. The minimum atomic E-state index is -2.30. The third-order valence-electron chi connectivity index (χ3n) is 7.51. The van der Waals surface area contributed by atoms with E-state index in [0.29, 0.717) is 0 Å². The topological polar surface area (TPSA) is 0 Å². The van der Waals surface area contributed by atoms with Crippen LogP contribution in [0.2, 0.25) is 0 Å². The fourth-order valence-corrected chi connectivity index (χ4v) is 11.9. The summed E-state index contributed by atoms with van der Waals surface area (Å²) >= 11 is -2.30. The number of allylic oxidation sites excluding steroid dienone is 4. The van der Waals surface area contributed by atoms with Crippen LogP contribution in [0.15, 0.2) is 76.1 Å². The van der Waals surface area contributed by atoms with E-state index in [4.69, 9.17) is 0 Å².